The number of hydrogen-bond acceptors (Lipinski definition) is 4. The first-order chi connectivity index (χ1) is 12.6. The van der Waals surface area contributed by atoms with Crippen molar-refractivity contribution in [2.75, 3.05) is 6.61 Å². The molecule has 0 spiro atoms. The van der Waals surface area contributed by atoms with Crippen LogP contribution in [0.4, 0.5) is 0 Å². The molecule has 0 amide bonds. The van der Waals surface area contributed by atoms with Crippen LogP contribution in [-0.2, 0) is 14.3 Å². The number of aliphatic hydroxyl groups is 1. The Balaban J connectivity index is 2.25. The molecule has 1 aliphatic carbocycles. The van der Waals surface area contributed by atoms with Gasteiger partial charge in [-0.3, -0.25) is 9.59 Å². The van der Waals surface area contributed by atoms with Crippen molar-refractivity contribution in [3.63, 3.8) is 0 Å². The molecule has 0 fully saturated rings. The van der Waals surface area contributed by atoms with Gasteiger partial charge in [0.2, 0.25) is 0 Å². The lowest BCUT2D eigenvalue weighted by Gasteiger charge is -2.15. The molecule has 0 bridgehead atoms. The maximum atomic E-state index is 12.1. The summed E-state index contributed by atoms with van der Waals surface area (Å²) < 4.78 is 4.91. The Bertz CT molecular complexity index is 467. The molecule has 0 radical (unpaired) electrons. The van der Waals surface area contributed by atoms with Crippen molar-refractivity contribution in [1.29, 1.82) is 0 Å². The summed E-state index contributed by atoms with van der Waals surface area (Å²) in [5, 5.41) is 10.0. The van der Waals surface area contributed by atoms with Crippen LogP contribution < -0.4 is 0 Å². The van der Waals surface area contributed by atoms with E-state index in [1.54, 1.807) is 6.08 Å². The zero-order valence-corrected chi connectivity index (χ0v) is 16.5. The number of rotatable bonds is 14. The van der Waals surface area contributed by atoms with E-state index in [9.17, 15) is 14.7 Å². The number of carbonyl (C=O) groups is 2. The normalized spacial score (nSPS) is 20.8. The number of ether oxygens (including phenoxy) is 1. The molecule has 148 valence electrons. The van der Waals surface area contributed by atoms with Gasteiger partial charge in [0.1, 0.15) is 0 Å². The monoisotopic (exact) mass is 364 g/mol. The van der Waals surface area contributed by atoms with Gasteiger partial charge >= 0.3 is 5.97 Å². The van der Waals surface area contributed by atoms with Crippen LogP contribution in [0.15, 0.2) is 24.3 Å². The molecule has 0 heterocycles. The molecule has 4 nitrogen and oxygen atoms in total. The molecule has 1 rings (SSSR count). The third-order valence-corrected chi connectivity index (χ3v) is 4.92. The number of aliphatic hydroxyl groups excluding tert-OH is 1. The molecule has 4 heteroatoms. The quantitative estimate of drug-likeness (QED) is 0.274. The van der Waals surface area contributed by atoms with E-state index >= 15 is 0 Å². The predicted molar refractivity (Wildman–Crippen MR) is 105 cm³/mol. The summed E-state index contributed by atoms with van der Waals surface area (Å²) in [5.41, 5.74) is 0. The van der Waals surface area contributed by atoms with E-state index in [2.05, 4.69) is 6.92 Å². The molecule has 1 N–H and O–H groups in total. The minimum atomic E-state index is -0.408. The maximum Gasteiger partial charge on any atom is 0.305 e. The number of esters is 1. The number of ketones is 1. The van der Waals surface area contributed by atoms with Gasteiger partial charge < -0.3 is 9.84 Å². The summed E-state index contributed by atoms with van der Waals surface area (Å²) >= 11 is 0. The standard InChI is InChI=1S/C22H36O4/c1-3-5-8-11-19(23)16-14-18-15-17-21(24)20(18)12-9-6-7-10-13-22(25)26-4-2/h14-20,23H,3-13H2,1-2H3/b16-14+/t18-,19-,20+/m0/s1. The van der Waals surface area contributed by atoms with Crippen molar-refractivity contribution in [1.82, 2.24) is 0 Å². The second-order valence-corrected chi connectivity index (χ2v) is 7.15. The Morgan fingerprint density at radius 3 is 2.69 bits per heavy atom. The van der Waals surface area contributed by atoms with Gasteiger partial charge in [-0.1, -0.05) is 63.7 Å². The Hall–Kier alpha value is -1.42. The molecule has 0 aromatic carbocycles. The van der Waals surface area contributed by atoms with E-state index in [1.807, 2.05) is 25.2 Å². The fourth-order valence-electron chi connectivity index (χ4n) is 3.36. The van der Waals surface area contributed by atoms with Gasteiger partial charge in [0, 0.05) is 18.3 Å². The number of unbranched alkanes of at least 4 members (excludes halogenated alkanes) is 5. The van der Waals surface area contributed by atoms with Crippen LogP contribution in [-0.4, -0.2) is 29.6 Å². The predicted octanol–water partition coefficient (Wildman–Crippen LogP) is 4.76. The van der Waals surface area contributed by atoms with Crippen molar-refractivity contribution in [3.05, 3.63) is 24.3 Å². The van der Waals surface area contributed by atoms with Gasteiger partial charge in [0.15, 0.2) is 5.78 Å². The van der Waals surface area contributed by atoms with Gasteiger partial charge in [-0.15, -0.1) is 0 Å². The van der Waals surface area contributed by atoms with Crippen LogP contribution >= 0.6 is 0 Å². The van der Waals surface area contributed by atoms with Crippen molar-refractivity contribution < 1.29 is 19.4 Å². The Labute approximate surface area is 158 Å². The van der Waals surface area contributed by atoms with E-state index in [4.69, 9.17) is 4.74 Å². The zero-order valence-electron chi connectivity index (χ0n) is 16.5. The van der Waals surface area contributed by atoms with Crippen molar-refractivity contribution in [2.24, 2.45) is 11.8 Å². The smallest absolute Gasteiger partial charge is 0.305 e. The molecule has 0 aromatic rings. The van der Waals surface area contributed by atoms with Crippen LogP contribution in [0.5, 0.6) is 0 Å². The molecule has 0 aromatic heterocycles. The molecular weight excluding hydrogens is 328 g/mol. The van der Waals surface area contributed by atoms with Gasteiger partial charge in [-0.25, -0.2) is 0 Å². The van der Waals surface area contributed by atoms with Crippen LogP contribution in [0.1, 0.15) is 78.1 Å². The fraction of sp³-hybridized carbons (Fsp3) is 0.727. The number of allylic oxidation sites excluding steroid dienone is 3. The van der Waals surface area contributed by atoms with E-state index < -0.39 is 6.10 Å². The molecule has 0 unspecified atom stereocenters. The minimum Gasteiger partial charge on any atom is -0.466 e. The van der Waals surface area contributed by atoms with Crippen LogP contribution in [0.3, 0.4) is 0 Å². The summed E-state index contributed by atoms with van der Waals surface area (Å²) in [6.07, 6.45) is 16.4. The summed E-state index contributed by atoms with van der Waals surface area (Å²) in [7, 11) is 0. The molecule has 0 saturated heterocycles. The first-order valence-corrected chi connectivity index (χ1v) is 10.3. The topological polar surface area (TPSA) is 63.6 Å². The van der Waals surface area contributed by atoms with E-state index in [0.29, 0.717) is 13.0 Å². The van der Waals surface area contributed by atoms with Gasteiger partial charge in [-0.05, 0) is 32.3 Å². The highest BCUT2D eigenvalue weighted by atomic mass is 16.5. The Kier molecular flexibility index (Phi) is 12.0. The fourth-order valence-corrected chi connectivity index (χ4v) is 3.36. The van der Waals surface area contributed by atoms with Crippen LogP contribution in [0.25, 0.3) is 0 Å². The third kappa shape index (κ3) is 9.33. The molecule has 0 saturated carbocycles. The van der Waals surface area contributed by atoms with E-state index in [0.717, 1.165) is 57.8 Å². The second kappa shape index (κ2) is 13.7. The van der Waals surface area contributed by atoms with Crippen LogP contribution in [0, 0.1) is 11.8 Å². The molecular formula is C22H36O4. The lowest BCUT2D eigenvalue weighted by atomic mass is 9.88. The summed E-state index contributed by atoms with van der Waals surface area (Å²) in [4.78, 5) is 23.4. The highest BCUT2D eigenvalue weighted by Gasteiger charge is 2.27. The van der Waals surface area contributed by atoms with Gasteiger partial charge in [0.25, 0.3) is 0 Å². The molecule has 0 aliphatic heterocycles. The first-order valence-electron chi connectivity index (χ1n) is 10.3. The SMILES string of the molecule is CCCCC[C@H](O)/C=C/[C@H]1C=CC(=O)[C@@H]1CCCCCCC(=O)OCC. The van der Waals surface area contributed by atoms with Crippen LogP contribution in [0.2, 0.25) is 0 Å². The van der Waals surface area contributed by atoms with E-state index in [-0.39, 0.29) is 23.6 Å². The highest BCUT2D eigenvalue weighted by molar-refractivity contribution is 5.94. The Morgan fingerprint density at radius 1 is 1.19 bits per heavy atom. The van der Waals surface area contributed by atoms with Gasteiger partial charge in [0.05, 0.1) is 12.7 Å². The average Bonchev–Trinajstić information content (AvgIpc) is 2.96. The third-order valence-electron chi connectivity index (χ3n) is 4.92. The zero-order chi connectivity index (χ0) is 19.2. The summed E-state index contributed by atoms with van der Waals surface area (Å²) in [5.74, 6) is 0.207. The molecule has 1 aliphatic rings. The molecule has 3 atom stereocenters. The minimum absolute atomic E-state index is 0.0131. The van der Waals surface area contributed by atoms with E-state index in [1.165, 1.54) is 0 Å². The largest absolute Gasteiger partial charge is 0.466 e. The average molecular weight is 365 g/mol. The van der Waals surface area contributed by atoms with Gasteiger partial charge in [-0.2, -0.15) is 0 Å². The van der Waals surface area contributed by atoms with Crippen molar-refractivity contribution in [2.45, 2.75) is 84.2 Å². The summed E-state index contributed by atoms with van der Waals surface area (Å²) in [6.45, 7) is 4.41. The maximum absolute atomic E-state index is 12.1. The van der Waals surface area contributed by atoms with Crippen molar-refractivity contribution in [3.8, 4) is 0 Å². The Morgan fingerprint density at radius 2 is 1.96 bits per heavy atom. The number of carbonyl (C=O) groups excluding carboxylic acids is 2. The number of hydrogen-bond donors (Lipinski definition) is 1. The molecule has 26 heavy (non-hydrogen) atoms. The lowest BCUT2D eigenvalue weighted by Crippen LogP contribution is -2.15. The summed E-state index contributed by atoms with van der Waals surface area (Å²) in [6, 6.07) is 0. The lowest BCUT2D eigenvalue weighted by molar-refractivity contribution is -0.143. The highest BCUT2D eigenvalue weighted by Crippen LogP contribution is 2.29. The first kappa shape index (κ1) is 22.6. The second-order valence-electron chi connectivity index (χ2n) is 7.15. The van der Waals surface area contributed by atoms with Crippen molar-refractivity contribution >= 4 is 11.8 Å².